The largest absolute Gasteiger partial charge is 0.310 e. The summed E-state index contributed by atoms with van der Waals surface area (Å²) < 4.78 is 2.17. The molecular weight excluding hydrogens is 659 g/mol. The molecule has 2 aliphatic heterocycles. The molecule has 0 atom stereocenters. The Bertz CT molecular complexity index is 2560. The quantitative estimate of drug-likeness (QED) is 0.179. The summed E-state index contributed by atoms with van der Waals surface area (Å²) in [6, 6.07) is 62.9. The van der Waals surface area contributed by atoms with E-state index >= 15 is 0 Å². The van der Waals surface area contributed by atoms with Crippen LogP contribution in [0.1, 0.15) is 48.9 Å². The second kappa shape index (κ2) is 12.5. The van der Waals surface area contributed by atoms with Gasteiger partial charge in [0.25, 0.3) is 0 Å². The first-order valence-electron chi connectivity index (χ1n) is 18.7. The highest BCUT2D eigenvalue weighted by Gasteiger charge is 2.36. The second-order valence-electron chi connectivity index (χ2n) is 14.8. The van der Waals surface area contributed by atoms with Crippen LogP contribution in [0.5, 0.6) is 0 Å². The van der Waals surface area contributed by atoms with Crippen LogP contribution in [0.25, 0.3) is 28.5 Å². The average molecular weight is 698 g/mol. The van der Waals surface area contributed by atoms with Crippen LogP contribution in [0.3, 0.4) is 0 Å². The van der Waals surface area contributed by atoms with Crippen molar-refractivity contribution in [1.82, 2.24) is 14.8 Å². The number of rotatable bonds is 5. The fraction of sp³-hybridized carbons (Fsp3) is 0.102. The van der Waals surface area contributed by atoms with E-state index in [-0.39, 0.29) is 5.41 Å². The molecule has 0 fully saturated rings. The summed E-state index contributed by atoms with van der Waals surface area (Å²) in [5.41, 5.74) is 15.2. The third kappa shape index (κ3) is 4.92. The molecule has 5 heteroatoms. The standard InChI is InChI=1S/C49H39N5/c1-33-39-17-7-11-21-43(39)52(44-22-12-8-18-40(33)44)37-29-25-34(26-30-37)47-50-51-48(54(47)36-15-5-4-6-16-36)35-27-31-38(32-28-35)53-45-23-13-9-19-41(45)49(2,3)42-20-10-14-24-46(42)53/h4-33H,1-3H3. The van der Waals surface area contributed by atoms with Gasteiger partial charge in [0.05, 0.1) is 11.4 Å². The van der Waals surface area contributed by atoms with Gasteiger partial charge in [0.2, 0.25) is 0 Å². The highest BCUT2D eigenvalue weighted by Crippen LogP contribution is 2.52. The Hall–Kier alpha value is -6.72. The van der Waals surface area contributed by atoms with Crippen LogP contribution in [-0.2, 0) is 5.41 Å². The van der Waals surface area contributed by atoms with E-state index in [0.29, 0.717) is 5.92 Å². The van der Waals surface area contributed by atoms with Crippen molar-refractivity contribution >= 4 is 34.1 Å². The van der Waals surface area contributed by atoms with E-state index in [1.54, 1.807) is 0 Å². The third-order valence-electron chi connectivity index (χ3n) is 11.4. The topological polar surface area (TPSA) is 37.2 Å². The minimum Gasteiger partial charge on any atom is -0.310 e. The van der Waals surface area contributed by atoms with Crippen molar-refractivity contribution in [2.75, 3.05) is 9.80 Å². The van der Waals surface area contributed by atoms with Crippen LogP contribution in [0.15, 0.2) is 176 Å². The van der Waals surface area contributed by atoms with Crippen LogP contribution in [0, 0.1) is 0 Å². The van der Waals surface area contributed by atoms with Gasteiger partial charge in [-0.25, -0.2) is 0 Å². The Morgan fingerprint density at radius 2 is 0.796 bits per heavy atom. The predicted molar refractivity (Wildman–Crippen MR) is 221 cm³/mol. The molecule has 1 aromatic heterocycles. The molecule has 0 N–H and O–H groups in total. The zero-order chi connectivity index (χ0) is 36.4. The van der Waals surface area contributed by atoms with Crippen molar-refractivity contribution < 1.29 is 0 Å². The zero-order valence-electron chi connectivity index (χ0n) is 30.6. The zero-order valence-corrected chi connectivity index (χ0v) is 30.6. The number of hydrogen-bond donors (Lipinski definition) is 0. The van der Waals surface area contributed by atoms with E-state index in [1.807, 2.05) is 6.07 Å². The molecule has 0 unspecified atom stereocenters. The molecule has 7 aromatic carbocycles. The molecule has 3 heterocycles. The molecule has 8 aromatic rings. The summed E-state index contributed by atoms with van der Waals surface area (Å²) in [5, 5.41) is 9.68. The molecule has 0 bridgehead atoms. The van der Waals surface area contributed by atoms with Gasteiger partial charge < -0.3 is 9.80 Å². The highest BCUT2D eigenvalue weighted by molar-refractivity contribution is 5.87. The van der Waals surface area contributed by atoms with Crippen LogP contribution in [0.4, 0.5) is 34.1 Å². The van der Waals surface area contributed by atoms with Crippen LogP contribution in [0.2, 0.25) is 0 Å². The first-order chi connectivity index (χ1) is 26.5. The molecular formula is C49H39N5. The lowest BCUT2D eigenvalue weighted by molar-refractivity contribution is 0.632. The summed E-state index contributed by atoms with van der Waals surface area (Å²) >= 11 is 0. The summed E-state index contributed by atoms with van der Waals surface area (Å²) in [6.07, 6.45) is 0. The first kappa shape index (κ1) is 32.0. The minimum absolute atomic E-state index is 0.105. The van der Waals surface area contributed by atoms with Crippen molar-refractivity contribution in [3.05, 3.63) is 198 Å². The van der Waals surface area contributed by atoms with Gasteiger partial charge in [0.15, 0.2) is 11.6 Å². The van der Waals surface area contributed by atoms with Gasteiger partial charge >= 0.3 is 0 Å². The Morgan fingerprint density at radius 1 is 0.407 bits per heavy atom. The average Bonchev–Trinajstić information content (AvgIpc) is 3.67. The van der Waals surface area contributed by atoms with Gasteiger partial charge in [-0.05, 0) is 107 Å². The van der Waals surface area contributed by atoms with E-state index in [1.165, 1.54) is 45.0 Å². The number of benzene rings is 7. The molecule has 0 spiro atoms. The maximum Gasteiger partial charge on any atom is 0.168 e. The van der Waals surface area contributed by atoms with Gasteiger partial charge in [-0.1, -0.05) is 112 Å². The predicted octanol–water partition coefficient (Wildman–Crippen LogP) is 12.6. The van der Waals surface area contributed by atoms with Crippen molar-refractivity contribution in [1.29, 1.82) is 0 Å². The molecule has 10 rings (SSSR count). The van der Waals surface area contributed by atoms with E-state index in [9.17, 15) is 0 Å². The molecule has 0 saturated heterocycles. The Labute approximate surface area is 316 Å². The third-order valence-corrected chi connectivity index (χ3v) is 11.4. The van der Waals surface area contributed by atoms with Gasteiger partial charge in [0, 0.05) is 50.9 Å². The van der Waals surface area contributed by atoms with Crippen molar-refractivity contribution in [3.8, 4) is 28.5 Å². The monoisotopic (exact) mass is 697 g/mol. The maximum absolute atomic E-state index is 4.84. The first-order valence-corrected chi connectivity index (χ1v) is 18.7. The van der Waals surface area contributed by atoms with Crippen molar-refractivity contribution in [2.45, 2.75) is 32.1 Å². The van der Waals surface area contributed by atoms with E-state index in [4.69, 9.17) is 10.2 Å². The van der Waals surface area contributed by atoms with Gasteiger partial charge in [0.1, 0.15) is 0 Å². The van der Waals surface area contributed by atoms with Gasteiger partial charge in [-0.15, -0.1) is 10.2 Å². The molecule has 0 amide bonds. The minimum atomic E-state index is -0.105. The van der Waals surface area contributed by atoms with E-state index in [0.717, 1.165) is 39.8 Å². The molecule has 0 saturated carbocycles. The molecule has 5 nitrogen and oxygen atoms in total. The lowest BCUT2D eigenvalue weighted by atomic mass is 9.73. The van der Waals surface area contributed by atoms with Crippen molar-refractivity contribution in [2.24, 2.45) is 0 Å². The summed E-state index contributed by atoms with van der Waals surface area (Å²) in [5.74, 6) is 1.91. The highest BCUT2D eigenvalue weighted by atomic mass is 15.3. The normalized spacial score (nSPS) is 14.2. The van der Waals surface area contributed by atoms with Crippen LogP contribution in [-0.4, -0.2) is 14.8 Å². The summed E-state index contributed by atoms with van der Waals surface area (Å²) in [7, 11) is 0. The number of anilines is 6. The lowest BCUT2D eigenvalue weighted by Crippen LogP contribution is -2.30. The SMILES string of the molecule is CC1c2ccccc2N(c2ccc(-c3nnc(-c4ccc(N5c6ccccc6C(C)(C)c6ccccc65)cc4)n3-c3ccccc3)cc2)c2ccccc21. The summed E-state index contributed by atoms with van der Waals surface area (Å²) in [6.45, 7) is 6.93. The second-order valence-corrected chi connectivity index (χ2v) is 14.8. The summed E-state index contributed by atoms with van der Waals surface area (Å²) in [4.78, 5) is 4.76. The fourth-order valence-electron chi connectivity index (χ4n) is 8.64. The Balaban J connectivity index is 1.04. The number of hydrogen-bond acceptors (Lipinski definition) is 4. The fourth-order valence-corrected chi connectivity index (χ4v) is 8.64. The molecule has 2 aliphatic rings. The van der Waals surface area contributed by atoms with Crippen LogP contribution < -0.4 is 9.80 Å². The van der Waals surface area contributed by atoms with Gasteiger partial charge in [-0.2, -0.15) is 0 Å². The number of para-hydroxylation sites is 5. The van der Waals surface area contributed by atoms with Crippen LogP contribution >= 0.6 is 0 Å². The lowest BCUT2D eigenvalue weighted by Gasteiger charge is -2.42. The molecule has 0 aliphatic carbocycles. The van der Waals surface area contributed by atoms with Crippen molar-refractivity contribution in [3.63, 3.8) is 0 Å². The smallest absolute Gasteiger partial charge is 0.168 e. The van der Waals surface area contributed by atoms with Gasteiger partial charge in [-0.3, -0.25) is 4.57 Å². The Kier molecular flexibility index (Phi) is 7.37. The van der Waals surface area contributed by atoms with E-state index < -0.39 is 0 Å². The number of nitrogens with zero attached hydrogens (tertiary/aromatic N) is 5. The number of fused-ring (bicyclic) bond motifs is 4. The molecule has 54 heavy (non-hydrogen) atoms. The molecule has 260 valence electrons. The van der Waals surface area contributed by atoms with E-state index in [2.05, 4.69) is 205 Å². The Morgan fingerprint density at radius 3 is 1.28 bits per heavy atom. The molecule has 0 radical (unpaired) electrons. The maximum atomic E-state index is 4.84. The number of aromatic nitrogens is 3.